The van der Waals surface area contributed by atoms with Gasteiger partial charge >= 0.3 is 0 Å². The van der Waals surface area contributed by atoms with Crippen LogP contribution >= 0.6 is 0 Å². The molecule has 11 heteroatoms. The molecule has 192 valence electrons. The highest BCUT2D eigenvalue weighted by molar-refractivity contribution is 6.00. The second-order valence-corrected chi connectivity index (χ2v) is 9.80. The summed E-state index contributed by atoms with van der Waals surface area (Å²) in [4.78, 5) is 30.9. The number of carbonyl (C=O) groups is 1. The van der Waals surface area contributed by atoms with Crippen LogP contribution in [0.3, 0.4) is 0 Å². The van der Waals surface area contributed by atoms with Gasteiger partial charge in [0.25, 0.3) is 11.5 Å². The molecule has 2 aliphatic rings. The minimum atomic E-state index is -0.304. The smallest absolute Gasteiger partial charge is 0.274 e. The molecule has 0 unspecified atom stereocenters. The molecule has 0 radical (unpaired) electrons. The fourth-order valence-electron chi connectivity index (χ4n) is 4.97. The van der Waals surface area contributed by atoms with Crippen LogP contribution in [0.5, 0.6) is 0 Å². The van der Waals surface area contributed by atoms with E-state index in [4.69, 9.17) is 4.74 Å². The number of carbonyl (C=O) groups excluding carboxylic acids is 1. The highest BCUT2D eigenvalue weighted by Crippen LogP contribution is 2.44. The molecule has 3 aromatic rings. The number of methoxy groups -OCH3 is 1. The van der Waals surface area contributed by atoms with E-state index < -0.39 is 0 Å². The molecule has 3 aromatic heterocycles. The van der Waals surface area contributed by atoms with Crippen LogP contribution in [0.2, 0.25) is 0 Å². The fraction of sp³-hybridized carbons (Fsp3) is 0.520. The number of aromatic nitrogens is 4. The minimum absolute atomic E-state index is 0.00513. The van der Waals surface area contributed by atoms with Crippen molar-refractivity contribution >= 4 is 28.9 Å². The Labute approximate surface area is 208 Å². The van der Waals surface area contributed by atoms with Crippen molar-refractivity contribution in [2.75, 3.05) is 37.9 Å². The molecule has 36 heavy (non-hydrogen) atoms. The number of rotatable bonds is 9. The minimum Gasteiger partial charge on any atom is -0.396 e. The van der Waals surface area contributed by atoms with Gasteiger partial charge in [0.1, 0.15) is 22.9 Å². The number of hydrogen-bond donors (Lipinski definition) is 4. The van der Waals surface area contributed by atoms with E-state index in [-0.39, 0.29) is 35.6 Å². The van der Waals surface area contributed by atoms with Gasteiger partial charge in [-0.2, -0.15) is 9.61 Å². The molecule has 4 N–H and O–H groups in total. The third-order valence-electron chi connectivity index (χ3n) is 7.45. The number of fused-ring (bicyclic) bond motifs is 1. The summed E-state index contributed by atoms with van der Waals surface area (Å²) in [6, 6.07) is 5.29. The van der Waals surface area contributed by atoms with Gasteiger partial charge in [-0.15, -0.1) is 0 Å². The van der Waals surface area contributed by atoms with Gasteiger partial charge in [0, 0.05) is 38.4 Å². The summed E-state index contributed by atoms with van der Waals surface area (Å²) in [6.45, 7) is 0.461. The Kier molecular flexibility index (Phi) is 6.67. The van der Waals surface area contributed by atoms with Crippen LogP contribution in [0.4, 0.5) is 17.3 Å². The fourth-order valence-corrected chi connectivity index (χ4v) is 4.97. The molecule has 1 amide bonds. The van der Waals surface area contributed by atoms with E-state index in [2.05, 4.69) is 26.0 Å². The van der Waals surface area contributed by atoms with Gasteiger partial charge in [0.15, 0.2) is 5.65 Å². The molecule has 0 aromatic carbocycles. The number of anilines is 3. The molecule has 5 rings (SSSR count). The average molecular weight is 496 g/mol. The van der Waals surface area contributed by atoms with Crippen molar-refractivity contribution in [2.24, 2.45) is 5.41 Å². The maximum Gasteiger partial charge on any atom is 0.274 e. The van der Waals surface area contributed by atoms with Crippen molar-refractivity contribution in [2.45, 2.75) is 50.7 Å². The highest BCUT2D eigenvalue weighted by atomic mass is 16.5. The Morgan fingerprint density at radius 3 is 2.83 bits per heavy atom. The lowest BCUT2D eigenvalue weighted by molar-refractivity contribution is 0.0278. The molecule has 2 aliphatic carbocycles. The normalized spacial score (nSPS) is 20.8. The van der Waals surface area contributed by atoms with Gasteiger partial charge in [0.05, 0.1) is 24.9 Å². The average Bonchev–Trinajstić information content (AvgIpc) is 3.57. The zero-order valence-corrected chi connectivity index (χ0v) is 20.7. The lowest BCUT2D eigenvalue weighted by Crippen LogP contribution is -2.36. The molecule has 0 aliphatic heterocycles. The van der Waals surface area contributed by atoms with E-state index in [1.165, 1.54) is 6.20 Å². The van der Waals surface area contributed by atoms with Crippen LogP contribution in [-0.2, 0) is 4.74 Å². The summed E-state index contributed by atoms with van der Waals surface area (Å²) in [7, 11) is 3.45. The third-order valence-corrected chi connectivity index (χ3v) is 7.45. The van der Waals surface area contributed by atoms with E-state index in [0.717, 1.165) is 38.5 Å². The van der Waals surface area contributed by atoms with Crippen molar-refractivity contribution in [1.29, 1.82) is 0 Å². The Morgan fingerprint density at radius 1 is 1.31 bits per heavy atom. The van der Waals surface area contributed by atoms with Crippen molar-refractivity contribution in [3.05, 3.63) is 46.5 Å². The molecule has 0 saturated heterocycles. The zero-order chi connectivity index (χ0) is 25.3. The van der Waals surface area contributed by atoms with Crippen molar-refractivity contribution < 1.29 is 14.6 Å². The van der Waals surface area contributed by atoms with Crippen LogP contribution in [0, 0.1) is 5.41 Å². The lowest BCUT2D eigenvalue weighted by atomic mass is 9.92. The lowest BCUT2D eigenvalue weighted by Gasteiger charge is -2.32. The first-order valence-electron chi connectivity index (χ1n) is 12.5. The second kappa shape index (κ2) is 9.90. The summed E-state index contributed by atoms with van der Waals surface area (Å²) >= 11 is 0. The SMILES string of the molecule is CNc1cc(Nc2cccn([C@H]3CCCC[C@H]3OC)c2=O)nc2c(C(=O)NCC3(CO)CC3)cnn12. The summed E-state index contributed by atoms with van der Waals surface area (Å²) in [5, 5.41) is 23.0. The van der Waals surface area contributed by atoms with Crippen LogP contribution in [0.15, 0.2) is 35.4 Å². The monoisotopic (exact) mass is 495 g/mol. The number of amides is 1. The summed E-state index contributed by atoms with van der Waals surface area (Å²) in [5.74, 6) is 0.720. The maximum absolute atomic E-state index is 13.4. The van der Waals surface area contributed by atoms with Crippen molar-refractivity contribution in [1.82, 2.24) is 24.5 Å². The number of aliphatic hydroxyl groups is 1. The number of pyridine rings is 1. The van der Waals surface area contributed by atoms with Gasteiger partial charge in [-0.25, -0.2) is 4.98 Å². The van der Waals surface area contributed by atoms with E-state index in [0.29, 0.717) is 35.1 Å². The van der Waals surface area contributed by atoms with Crippen LogP contribution < -0.4 is 21.5 Å². The quantitative estimate of drug-likeness (QED) is 0.355. The third kappa shape index (κ3) is 4.56. The molecule has 11 nitrogen and oxygen atoms in total. The first-order valence-corrected chi connectivity index (χ1v) is 12.5. The molecule has 3 heterocycles. The number of nitrogens with one attached hydrogen (secondary N) is 3. The molecule has 2 saturated carbocycles. The van der Waals surface area contributed by atoms with Crippen molar-refractivity contribution in [3.8, 4) is 0 Å². The molecular weight excluding hydrogens is 462 g/mol. The van der Waals surface area contributed by atoms with E-state index >= 15 is 0 Å². The summed E-state index contributed by atoms with van der Waals surface area (Å²) in [5.41, 5.74) is 0.714. The van der Waals surface area contributed by atoms with Gasteiger partial charge in [-0.3, -0.25) is 9.59 Å². The molecule has 2 atom stereocenters. The number of hydrogen-bond acceptors (Lipinski definition) is 8. The van der Waals surface area contributed by atoms with Gasteiger partial charge in [0.2, 0.25) is 0 Å². The first kappa shape index (κ1) is 24.3. The standard InChI is InChI=1S/C25H33N7O4/c1-26-21-12-20(29-17-6-5-11-31(24(17)35)18-7-3-4-8-19(18)36-2)30-22-16(13-28-32(21)22)23(34)27-14-25(15-33)9-10-25/h5-6,11-13,18-19,26,33H,3-4,7-10,14-15H2,1-2H3,(H,27,34)(H,29,30)/t18-,19+/m0/s1. The predicted molar refractivity (Wildman–Crippen MR) is 136 cm³/mol. The second-order valence-electron chi connectivity index (χ2n) is 9.80. The Hall–Kier alpha value is -3.44. The zero-order valence-electron chi connectivity index (χ0n) is 20.7. The molecule has 2 fully saturated rings. The Morgan fingerprint density at radius 2 is 2.11 bits per heavy atom. The maximum atomic E-state index is 13.4. The highest BCUT2D eigenvalue weighted by Gasteiger charge is 2.42. The van der Waals surface area contributed by atoms with Crippen LogP contribution in [-0.4, -0.2) is 63.6 Å². The van der Waals surface area contributed by atoms with Gasteiger partial charge in [-0.05, 0) is 37.8 Å². The number of ether oxygens (including phenoxy) is 1. The van der Waals surface area contributed by atoms with Crippen molar-refractivity contribution in [3.63, 3.8) is 0 Å². The van der Waals surface area contributed by atoms with Crippen LogP contribution in [0.25, 0.3) is 5.65 Å². The topological polar surface area (TPSA) is 135 Å². The number of nitrogens with zero attached hydrogens (tertiary/aromatic N) is 4. The van der Waals surface area contributed by atoms with Crippen LogP contribution in [0.1, 0.15) is 54.9 Å². The number of aliphatic hydroxyl groups excluding tert-OH is 1. The van der Waals surface area contributed by atoms with Gasteiger partial charge in [-0.1, -0.05) is 12.8 Å². The largest absolute Gasteiger partial charge is 0.396 e. The van der Waals surface area contributed by atoms with E-state index in [9.17, 15) is 14.7 Å². The summed E-state index contributed by atoms with van der Waals surface area (Å²) in [6.07, 6.45) is 9.07. The Bertz CT molecular complexity index is 1310. The molecule has 0 bridgehead atoms. The summed E-state index contributed by atoms with van der Waals surface area (Å²) < 4.78 is 8.97. The molecular formula is C25H33N7O4. The van der Waals surface area contributed by atoms with E-state index in [1.54, 1.807) is 35.4 Å². The first-order chi connectivity index (χ1) is 17.5. The Balaban J connectivity index is 1.44. The predicted octanol–water partition coefficient (Wildman–Crippen LogP) is 2.31. The van der Waals surface area contributed by atoms with Gasteiger partial charge < -0.3 is 30.4 Å². The molecule has 0 spiro atoms. The van der Waals surface area contributed by atoms with E-state index in [1.807, 2.05) is 12.3 Å².